The van der Waals surface area contributed by atoms with Crippen LogP contribution in [0.1, 0.15) is 53.6 Å². The van der Waals surface area contributed by atoms with Crippen molar-refractivity contribution in [3.8, 4) is 17.2 Å². The van der Waals surface area contributed by atoms with E-state index >= 15 is 0 Å². The SMILES string of the molecule is COc1ccc(Cc2nc(NC(=O)c3cccc(NC(=O)OC(C)(C)C)c3)n(C)c2Cc2ccc(OC)c(OC)c2)cc1. The number of rotatable bonds is 10. The molecule has 10 heteroatoms. The smallest absolute Gasteiger partial charge is 0.412 e. The lowest BCUT2D eigenvalue weighted by atomic mass is 10.0. The highest BCUT2D eigenvalue weighted by Crippen LogP contribution is 2.30. The summed E-state index contributed by atoms with van der Waals surface area (Å²) in [5.74, 6) is 2.08. The molecule has 0 saturated carbocycles. The molecule has 0 atom stereocenters. The zero-order valence-corrected chi connectivity index (χ0v) is 25.6. The molecule has 226 valence electrons. The summed E-state index contributed by atoms with van der Waals surface area (Å²) in [4.78, 5) is 30.4. The standard InChI is InChI=1S/C33H38N4O6/c1-33(2,3)43-32(39)34-24-10-8-9-23(20-24)30(38)36-31-35-26(17-21-11-14-25(40-5)15-12-21)27(37(31)4)18-22-13-16-28(41-6)29(19-22)42-7/h8-16,19-20H,17-18H2,1-7H3,(H,34,39)(H,35,36,38). The van der Waals surface area contributed by atoms with Crippen LogP contribution in [-0.2, 0) is 24.6 Å². The number of nitrogens with one attached hydrogen (secondary N) is 2. The van der Waals surface area contributed by atoms with Crippen molar-refractivity contribution in [1.82, 2.24) is 9.55 Å². The Labute approximate surface area is 251 Å². The number of aromatic nitrogens is 2. The minimum absolute atomic E-state index is 0.356. The van der Waals surface area contributed by atoms with E-state index in [1.54, 1.807) is 66.4 Å². The van der Waals surface area contributed by atoms with Crippen LogP contribution in [0.3, 0.4) is 0 Å². The lowest BCUT2D eigenvalue weighted by molar-refractivity contribution is 0.0635. The summed E-state index contributed by atoms with van der Waals surface area (Å²) in [6.07, 6.45) is 0.490. The lowest BCUT2D eigenvalue weighted by Gasteiger charge is -2.19. The molecule has 0 unspecified atom stereocenters. The van der Waals surface area contributed by atoms with Crippen LogP contribution in [0, 0.1) is 0 Å². The van der Waals surface area contributed by atoms with E-state index in [0.717, 1.165) is 28.3 Å². The Balaban J connectivity index is 1.62. The van der Waals surface area contributed by atoms with Crippen molar-refractivity contribution in [3.05, 3.63) is 94.8 Å². The first-order valence-corrected chi connectivity index (χ1v) is 13.8. The maximum atomic E-state index is 13.3. The van der Waals surface area contributed by atoms with Crippen LogP contribution in [0.15, 0.2) is 66.7 Å². The second kappa shape index (κ2) is 13.3. The van der Waals surface area contributed by atoms with Crippen molar-refractivity contribution >= 4 is 23.6 Å². The maximum Gasteiger partial charge on any atom is 0.412 e. The fraction of sp³-hybridized carbons (Fsp3) is 0.303. The number of hydrogen-bond acceptors (Lipinski definition) is 7. The van der Waals surface area contributed by atoms with Gasteiger partial charge in [0.15, 0.2) is 11.5 Å². The molecule has 4 aromatic rings. The second-order valence-corrected chi connectivity index (χ2v) is 10.9. The number of carbonyl (C=O) groups excluding carboxylic acids is 2. The van der Waals surface area contributed by atoms with Crippen LogP contribution < -0.4 is 24.8 Å². The lowest BCUT2D eigenvalue weighted by Crippen LogP contribution is -2.27. The third kappa shape index (κ3) is 8.06. The van der Waals surface area contributed by atoms with Gasteiger partial charge in [0.05, 0.1) is 27.0 Å². The second-order valence-electron chi connectivity index (χ2n) is 10.9. The van der Waals surface area contributed by atoms with E-state index in [2.05, 4.69) is 10.6 Å². The van der Waals surface area contributed by atoms with E-state index in [0.29, 0.717) is 41.5 Å². The molecule has 1 heterocycles. The number of nitrogens with zero attached hydrogens (tertiary/aromatic N) is 2. The van der Waals surface area contributed by atoms with E-state index in [1.807, 2.05) is 54.1 Å². The molecule has 0 radical (unpaired) electrons. The Morgan fingerprint density at radius 3 is 2.16 bits per heavy atom. The van der Waals surface area contributed by atoms with Crippen molar-refractivity contribution in [2.75, 3.05) is 32.0 Å². The van der Waals surface area contributed by atoms with Gasteiger partial charge in [-0.3, -0.25) is 15.4 Å². The molecule has 0 fully saturated rings. The summed E-state index contributed by atoms with van der Waals surface area (Å²) in [5.41, 5.74) is 3.94. The quantitative estimate of drug-likeness (QED) is 0.227. The Kier molecular flexibility index (Phi) is 9.59. The Bertz CT molecular complexity index is 1590. The van der Waals surface area contributed by atoms with Crippen molar-refractivity contribution in [2.24, 2.45) is 7.05 Å². The first kappa shape index (κ1) is 31.0. The van der Waals surface area contributed by atoms with E-state index in [1.165, 1.54) is 0 Å². The fourth-order valence-electron chi connectivity index (χ4n) is 4.52. The van der Waals surface area contributed by atoms with Gasteiger partial charge in [-0.15, -0.1) is 0 Å². The van der Waals surface area contributed by atoms with E-state index in [-0.39, 0.29) is 5.91 Å². The summed E-state index contributed by atoms with van der Waals surface area (Å²) < 4.78 is 23.4. The number of ether oxygens (including phenoxy) is 4. The van der Waals surface area contributed by atoms with Crippen molar-refractivity contribution in [3.63, 3.8) is 0 Å². The minimum atomic E-state index is -0.643. The monoisotopic (exact) mass is 586 g/mol. The van der Waals surface area contributed by atoms with Gasteiger partial charge in [-0.2, -0.15) is 0 Å². The highest BCUT2D eigenvalue weighted by Gasteiger charge is 2.20. The third-order valence-electron chi connectivity index (χ3n) is 6.64. The van der Waals surface area contributed by atoms with Crippen LogP contribution in [0.4, 0.5) is 16.4 Å². The summed E-state index contributed by atoms with van der Waals surface area (Å²) >= 11 is 0. The number of amides is 2. The molecule has 43 heavy (non-hydrogen) atoms. The molecule has 0 aliphatic rings. The van der Waals surface area contributed by atoms with Gasteiger partial charge in [0.25, 0.3) is 5.91 Å². The predicted octanol–water partition coefficient (Wildman–Crippen LogP) is 6.23. The number of anilines is 2. The zero-order valence-electron chi connectivity index (χ0n) is 25.6. The molecule has 1 aromatic heterocycles. The van der Waals surface area contributed by atoms with E-state index < -0.39 is 11.7 Å². The molecular formula is C33H38N4O6. The minimum Gasteiger partial charge on any atom is -0.497 e. The zero-order chi connectivity index (χ0) is 31.1. The van der Waals surface area contributed by atoms with Gasteiger partial charge >= 0.3 is 6.09 Å². The van der Waals surface area contributed by atoms with Gasteiger partial charge in [0, 0.05) is 36.8 Å². The van der Waals surface area contributed by atoms with Crippen LogP contribution in [-0.4, -0.2) is 48.5 Å². The van der Waals surface area contributed by atoms with Crippen molar-refractivity contribution in [1.29, 1.82) is 0 Å². The maximum absolute atomic E-state index is 13.3. The number of benzene rings is 3. The van der Waals surface area contributed by atoms with Crippen LogP contribution in [0.2, 0.25) is 0 Å². The molecule has 3 aromatic carbocycles. The summed E-state index contributed by atoms with van der Waals surface area (Å²) in [6.45, 7) is 5.35. The fourth-order valence-corrected chi connectivity index (χ4v) is 4.52. The largest absolute Gasteiger partial charge is 0.497 e. The molecule has 4 rings (SSSR count). The summed E-state index contributed by atoms with van der Waals surface area (Å²) in [5, 5.41) is 5.61. The average molecular weight is 587 g/mol. The average Bonchev–Trinajstić information content (AvgIpc) is 3.25. The normalized spacial score (nSPS) is 11.0. The topological polar surface area (TPSA) is 113 Å². The van der Waals surface area contributed by atoms with E-state index in [9.17, 15) is 9.59 Å². The van der Waals surface area contributed by atoms with Crippen molar-refractivity contribution < 1.29 is 28.5 Å². The highest BCUT2D eigenvalue weighted by molar-refractivity contribution is 6.04. The Morgan fingerprint density at radius 2 is 1.51 bits per heavy atom. The van der Waals surface area contributed by atoms with Gasteiger partial charge in [0.2, 0.25) is 5.95 Å². The number of hydrogen-bond donors (Lipinski definition) is 2. The molecular weight excluding hydrogens is 548 g/mol. The molecule has 0 spiro atoms. The van der Waals surface area contributed by atoms with Crippen LogP contribution >= 0.6 is 0 Å². The van der Waals surface area contributed by atoms with Gasteiger partial charge in [-0.25, -0.2) is 9.78 Å². The van der Waals surface area contributed by atoms with Gasteiger partial charge in [-0.05, 0) is 74.4 Å². The number of imidazole rings is 1. The first-order chi connectivity index (χ1) is 20.5. The van der Waals surface area contributed by atoms with E-state index in [4.69, 9.17) is 23.9 Å². The summed E-state index contributed by atoms with van der Waals surface area (Å²) in [7, 11) is 6.71. The molecule has 10 nitrogen and oxygen atoms in total. The molecule has 0 saturated heterocycles. The predicted molar refractivity (Wildman–Crippen MR) is 166 cm³/mol. The molecule has 0 bridgehead atoms. The molecule has 0 aliphatic heterocycles. The summed E-state index contributed by atoms with van der Waals surface area (Å²) in [6, 6.07) is 20.2. The Morgan fingerprint density at radius 1 is 0.814 bits per heavy atom. The first-order valence-electron chi connectivity index (χ1n) is 13.8. The third-order valence-corrected chi connectivity index (χ3v) is 6.64. The molecule has 2 N–H and O–H groups in total. The number of carbonyl (C=O) groups is 2. The Hall–Kier alpha value is -4.99. The van der Waals surface area contributed by atoms with Gasteiger partial charge < -0.3 is 23.5 Å². The van der Waals surface area contributed by atoms with Crippen molar-refractivity contribution in [2.45, 2.75) is 39.2 Å². The number of methoxy groups -OCH3 is 3. The highest BCUT2D eigenvalue weighted by atomic mass is 16.6. The molecule has 2 amide bonds. The van der Waals surface area contributed by atoms with Crippen LogP contribution in [0.5, 0.6) is 17.2 Å². The van der Waals surface area contributed by atoms with Gasteiger partial charge in [0.1, 0.15) is 11.4 Å². The van der Waals surface area contributed by atoms with Crippen LogP contribution in [0.25, 0.3) is 0 Å². The molecule has 0 aliphatic carbocycles. The van der Waals surface area contributed by atoms with Gasteiger partial charge in [-0.1, -0.05) is 24.3 Å².